The van der Waals surface area contributed by atoms with Crippen molar-refractivity contribution >= 4 is 5.91 Å². The molecule has 6 nitrogen and oxygen atoms in total. The number of benzene rings is 1. The summed E-state index contributed by atoms with van der Waals surface area (Å²) in [6.45, 7) is 0.901. The fourth-order valence-electron chi connectivity index (χ4n) is 2.35. The Morgan fingerprint density at radius 3 is 3.00 bits per heavy atom. The van der Waals surface area contributed by atoms with E-state index in [0.29, 0.717) is 18.2 Å². The van der Waals surface area contributed by atoms with E-state index in [2.05, 4.69) is 15.5 Å². The van der Waals surface area contributed by atoms with E-state index in [9.17, 15) is 14.3 Å². The summed E-state index contributed by atoms with van der Waals surface area (Å²) in [4.78, 5) is 12.3. The topological polar surface area (TPSA) is 87.2 Å². The van der Waals surface area contributed by atoms with Crippen molar-refractivity contribution in [1.82, 2.24) is 15.5 Å². The molecule has 1 unspecified atom stereocenters. The number of nitrogens with zero attached hydrogens (tertiary/aromatic N) is 1. The summed E-state index contributed by atoms with van der Waals surface area (Å²) >= 11 is 0. The molecule has 7 heteroatoms. The molecule has 1 amide bonds. The Kier molecular flexibility index (Phi) is 5.22. The zero-order chi connectivity index (χ0) is 16.9. The lowest BCUT2D eigenvalue weighted by atomic mass is 10.1. The number of hydrogen-bond donors (Lipinski definition) is 3. The Balaban J connectivity index is 1.55. The lowest BCUT2D eigenvalue weighted by molar-refractivity contribution is 0.0321. The Morgan fingerprint density at radius 1 is 1.46 bits per heavy atom. The first-order chi connectivity index (χ1) is 11.6. The molecule has 24 heavy (non-hydrogen) atoms. The van der Waals surface area contributed by atoms with Crippen molar-refractivity contribution in [2.45, 2.75) is 18.9 Å². The van der Waals surface area contributed by atoms with Gasteiger partial charge in [-0.1, -0.05) is 12.1 Å². The molecule has 128 valence electrons. The Morgan fingerprint density at radius 2 is 2.25 bits per heavy atom. The zero-order valence-electron chi connectivity index (χ0n) is 13.2. The highest BCUT2D eigenvalue weighted by Crippen LogP contribution is 2.28. The highest BCUT2D eigenvalue weighted by atomic mass is 19.1. The Hall–Kier alpha value is -2.25. The van der Waals surface area contributed by atoms with Crippen molar-refractivity contribution < 1.29 is 19.0 Å². The van der Waals surface area contributed by atoms with Gasteiger partial charge in [0.15, 0.2) is 0 Å². The van der Waals surface area contributed by atoms with Crippen LogP contribution in [-0.4, -0.2) is 47.1 Å². The molecule has 1 fully saturated rings. The molecule has 3 rings (SSSR count). The van der Waals surface area contributed by atoms with Gasteiger partial charge in [-0.25, -0.2) is 4.39 Å². The molecule has 2 aromatic rings. The second kappa shape index (κ2) is 7.55. The van der Waals surface area contributed by atoms with Gasteiger partial charge in [0.1, 0.15) is 5.82 Å². The van der Waals surface area contributed by atoms with Gasteiger partial charge in [-0.05, 0) is 30.9 Å². The molecular weight excluding hydrogens is 313 g/mol. The number of halogens is 1. The van der Waals surface area contributed by atoms with Gasteiger partial charge in [0.05, 0.1) is 30.2 Å². The molecule has 3 N–H and O–H groups in total. The van der Waals surface area contributed by atoms with E-state index in [0.717, 1.165) is 0 Å². The number of aliphatic hydroxyl groups is 1. The highest BCUT2D eigenvalue weighted by Gasteiger charge is 2.22. The summed E-state index contributed by atoms with van der Waals surface area (Å²) < 4.78 is 19.3. The number of aromatic nitrogens is 2. The van der Waals surface area contributed by atoms with Crippen LogP contribution < -0.4 is 5.32 Å². The van der Waals surface area contributed by atoms with Crippen molar-refractivity contribution in [2.24, 2.45) is 5.92 Å². The van der Waals surface area contributed by atoms with Crippen LogP contribution in [0.25, 0.3) is 11.3 Å². The number of nitrogens with one attached hydrogen (secondary N) is 2. The molecule has 1 aliphatic carbocycles. The molecule has 1 heterocycles. The van der Waals surface area contributed by atoms with Gasteiger partial charge >= 0.3 is 0 Å². The van der Waals surface area contributed by atoms with E-state index in [1.807, 2.05) is 0 Å². The predicted molar refractivity (Wildman–Crippen MR) is 85.9 cm³/mol. The first-order valence-corrected chi connectivity index (χ1v) is 7.97. The van der Waals surface area contributed by atoms with Crippen molar-refractivity contribution in [3.8, 4) is 11.3 Å². The minimum Gasteiger partial charge on any atom is -0.389 e. The summed E-state index contributed by atoms with van der Waals surface area (Å²) in [7, 11) is 0. The molecule has 0 spiro atoms. The van der Waals surface area contributed by atoms with Crippen LogP contribution in [0.1, 0.15) is 23.2 Å². The summed E-state index contributed by atoms with van der Waals surface area (Å²) in [5.74, 6) is -0.242. The molecular formula is C17H20FN3O3. The van der Waals surface area contributed by atoms with Crippen molar-refractivity contribution in [1.29, 1.82) is 0 Å². The number of amides is 1. The van der Waals surface area contributed by atoms with E-state index >= 15 is 0 Å². The Labute approximate surface area is 139 Å². The van der Waals surface area contributed by atoms with Crippen LogP contribution in [0.4, 0.5) is 4.39 Å². The maximum absolute atomic E-state index is 13.9. The fourth-order valence-corrected chi connectivity index (χ4v) is 2.35. The molecule has 1 aromatic heterocycles. The smallest absolute Gasteiger partial charge is 0.255 e. The van der Waals surface area contributed by atoms with E-state index in [1.165, 1.54) is 25.1 Å². The zero-order valence-corrected chi connectivity index (χ0v) is 13.2. The molecule has 1 aliphatic rings. The average molecular weight is 333 g/mol. The highest BCUT2D eigenvalue weighted by molar-refractivity contribution is 5.99. The molecule has 1 atom stereocenters. The van der Waals surface area contributed by atoms with Gasteiger partial charge in [-0.15, -0.1) is 0 Å². The molecule has 0 bridgehead atoms. The third-order valence-electron chi connectivity index (χ3n) is 3.89. The predicted octanol–water partition coefficient (Wildman–Crippen LogP) is 1.73. The summed E-state index contributed by atoms with van der Waals surface area (Å²) in [5, 5.41) is 18.9. The van der Waals surface area contributed by atoms with Crippen molar-refractivity contribution in [2.75, 3.05) is 19.8 Å². The number of carbonyl (C=O) groups excluding carboxylic acids is 1. The van der Waals surface area contributed by atoms with Gasteiger partial charge in [0, 0.05) is 18.7 Å². The number of aliphatic hydroxyl groups excluding tert-OH is 1. The third kappa shape index (κ3) is 4.18. The van der Waals surface area contributed by atoms with E-state index in [1.54, 1.807) is 18.2 Å². The lowest BCUT2D eigenvalue weighted by Crippen LogP contribution is -2.34. The minimum atomic E-state index is -0.781. The van der Waals surface area contributed by atoms with Crippen molar-refractivity contribution in [3.05, 3.63) is 41.8 Å². The van der Waals surface area contributed by atoms with Crippen molar-refractivity contribution in [3.63, 3.8) is 0 Å². The minimum absolute atomic E-state index is 0.0609. The maximum Gasteiger partial charge on any atom is 0.255 e. The van der Waals surface area contributed by atoms with E-state index < -0.39 is 17.8 Å². The monoisotopic (exact) mass is 333 g/mol. The van der Waals surface area contributed by atoms with E-state index in [4.69, 9.17) is 4.74 Å². The third-order valence-corrected chi connectivity index (χ3v) is 3.89. The number of aromatic amines is 1. The number of hydrogen-bond acceptors (Lipinski definition) is 4. The second-order valence-corrected chi connectivity index (χ2v) is 5.98. The first kappa shape index (κ1) is 16.6. The van der Waals surface area contributed by atoms with Gasteiger partial charge in [0.25, 0.3) is 5.91 Å². The fraction of sp³-hybridized carbons (Fsp3) is 0.412. The largest absolute Gasteiger partial charge is 0.389 e. The van der Waals surface area contributed by atoms with Gasteiger partial charge in [0.2, 0.25) is 0 Å². The van der Waals surface area contributed by atoms with Gasteiger partial charge < -0.3 is 15.2 Å². The quantitative estimate of drug-likeness (QED) is 0.687. The Bertz CT molecular complexity index is 700. The molecule has 0 radical (unpaired) electrons. The van der Waals surface area contributed by atoms with Crippen LogP contribution in [-0.2, 0) is 4.74 Å². The number of ether oxygens (including phenoxy) is 1. The maximum atomic E-state index is 13.9. The summed E-state index contributed by atoms with van der Waals surface area (Å²) in [6.07, 6.45) is 2.93. The molecule has 1 saturated carbocycles. The first-order valence-electron chi connectivity index (χ1n) is 7.97. The van der Waals surface area contributed by atoms with Crippen LogP contribution in [0, 0.1) is 11.7 Å². The molecule has 0 saturated heterocycles. The number of H-pyrrole nitrogens is 1. The molecule has 1 aromatic carbocycles. The number of rotatable bonds is 8. The van der Waals surface area contributed by atoms with Crippen LogP contribution in [0.15, 0.2) is 30.5 Å². The van der Waals surface area contributed by atoms with Gasteiger partial charge in [-0.3, -0.25) is 9.89 Å². The number of carbonyl (C=O) groups is 1. The lowest BCUT2D eigenvalue weighted by Gasteiger charge is -2.12. The van der Waals surface area contributed by atoms with E-state index in [-0.39, 0.29) is 24.3 Å². The van der Waals surface area contributed by atoms with Crippen LogP contribution in [0.3, 0.4) is 0 Å². The van der Waals surface area contributed by atoms with Crippen LogP contribution in [0.5, 0.6) is 0 Å². The summed E-state index contributed by atoms with van der Waals surface area (Å²) in [6, 6.07) is 6.15. The SMILES string of the molecule is O=C(NCC(O)COCC1CC1)c1cn[nH]c1-c1ccccc1F. The summed E-state index contributed by atoms with van der Waals surface area (Å²) in [5.41, 5.74) is 0.810. The average Bonchev–Trinajstić information content (AvgIpc) is 3.27. The normalized spacial score (nSPS) is 15.2. The second-order valence-electron chi connectivity index (χ2n) is 5.98. The van der Waals surface area contributed by atoms with Crippen LogP contribution >= 0.6 is 0 Å². The molecule has 0 aliphatic heterocycles. The van der Waals surface area contributed by atoms with Crippen LogP contribution in [0.2, 0.25) is 0 Å². The standard InChI is InChI=1S/C17H20FN3O3/c18-15-4-2-1-3-13(15)16-14(8-20-21-16)17(23)19-7-12(22)10-24-9-11-5-6-11/h1-4,8,11-12,22H,5-7,9-10H2,(H,19,23)(H,20,21). The van der Waals surface area contributed by atoms with Gasteiger partial charge in [-0.2, -0.15) is 5.10 Å².